The fraction of sp³-hybridized carbons (Fsp3) is 0.250. The highest BCUT2D eigenvalue weighted by atomic mass is 32.2. The Morgan fingerprint density at radius 3 is 2.88 bits per heavy atom. The Morgan fingerprint density at radius 1 is 1.28 bits per heavy atom. The Morgan fingerprint density at radius 2 is 2.12 bits per heavy atom. The van der Waals surface area contributed by atoms with Crippen LogP contribution in [0.2, 0.25) is 0 Å². The van der Waals surface area contributed by atoms with Gasteiger partial charge >= 0.3 is 0 Å². The molecule has 0 aromatic carbocycles. The normalized spacial score (nSPS) is 12.8. The molecule has 4 aromatic rings. The quantitative estimate of drug-likeness (QED) is 0.508. The summed E-state index contributed by atoms with van der Waals surface area (Å²) < 4.78 is 0. The molecule has 0 radical (unpaired) electrons. The van der Waals surface area contributed by atoms with Crippen molar-refractivity contribution in [1.82, 2.24) is 25.1 Å². The van der Waals surface area contributed by atoms with E-state index in [1.165, 1.54) is 11.8 Å². The molecule has 25 heavy (non-hydrogen) atoms. The van der Waals surface area contributed by atoms with Crippen LogP contribution >= 0.6 is 34.4 Å². The van der Waals surface area contributed by atoms with E-state index in [2.05, 4.69) is 25.1 Å². The van der Waals surface area contributed by atoms with E-state index in [0.717, 1.165) is 26.0 Å². The number of aromatic amines is 2. The first-order valence-corrected chi connectivity index (χ1v) is 10.2. The van der Waals surface area contributed by atoms with Crippen LogP contribution in [0, 0.1) is 13.8 Å². The molecule has 4 heterocycles. The van der Waals surface area contributed by atoms with Crippen LogP contribution in [0.3, 0.4) is 0 Å². The van der Waals surface area contributed by atoms with E-state index in [1.54, 1.807) is 22.7 Å². The first kappa shape index (κ1) is 16.5. The lowest BCUT2D eigenvalue weighted by Gasteiger charge is -2.07. The lowest BCUT2D eigenvalue weighted by atomic mass is 10.2. The highest BCUT2D eigenvalue weighted by Gasteiger charge is 2.18. The zero-order valence-electron chi connectivity index (χ0n) is 13.8. The predicted molar refractivity (Wildman–Crippen MR) is 104 cm³/mol. The van der Waals surface area contributed by atoms with Gasteiger partial charge in [-0.15, -0.1) is 27.8 Å². The molecule has 4 aromatic heterocycles. The number of fused-ring (bicyclic) bond motifs is 1. The second-order valence-corrected chi connectivity index (χ2v) is 9.08. The van der Waals surface area contributed by atoms with Crippen LogP contribution in [0.25, 0.3) is 20.9 Å². The maximum atomic E-state index is 12.4. The van der Waals surface area contributed by atoms with Gasteiger partial charge in [0, 0.05) is 4.88 Å². The van der Waals surface area contributed by atoms with E-state index in [4.69, 9.17) is 0 Å². The number of aromatic nitrogens is 5. The standard InChI is InChI=1S/C16H15N5OS3/c1-7-8(2)24-15-11(7)14(22)17-12(18-15)9(3)25-16-19-13(20-21-16)10-5-4-6-23-10/h4-6,9H,1-3H3,(H,17,18,22)(H,19,20,21). The monoisotopic (exact) mass is 389 g/mol. The molecule has 0 bridgehead atoms. The van der Waals surface area contributed by atoms with E-state index in [-0.39, 0.29) is 10.8 Å². The van der Waals surface area contributed by atoms with Crippen molar-refractivity contribution in [2.75, 3.05) is 0 Å². The summed E-state index contributed by atoms with van der Waals surface area (Å²) in [5.41, 5.74) is 0.929. The van der Waals surface area contributed by atoms with Crippen molar-refractivity contribution in [2.24, 2.45) is 0 Å². The molecule has 0 saturated carbocycles. The number of thiophene rings is 2. The first-order chi connectivity index (χ1) is 12.0. The number of nitrogens with one attached hydrogen (secondary N) is 2. The molecule has 0 aliphatic rings. The van der Waals surface area contributed by atoms with Crippen LogP contribution in [-0.4, -0.2) is 25.1 Å². The van der Waals surface area contributed by atoms with Crippen LogP contribution < -0.4 is 5.56 Å². The van der Waals surface area contributed by atoms with Crippen molar-refractivity contribution in [2.45, 2.75) is 31.2 Å². The van der Waals surface area contributed by atoms with Gasteiger partial charge in [-0.2, -0.15) is 0 Å². The minimum absolute atomic E-state index is 0.0632. The predicted octanol–water partition coefficient (Wildman–Crippen LogP) is 4.30. The van der Waals surface area contributed by atoms with Crippen molar-refractivity contribution < 1.29 is 0 Å². The molecule has 4 rings (SSSR count). The number of rotatable bonds is 4. The van der Waals surface area contributed by atoms with Gasteiger partial charge in [-0.05, 0) is 37.8 Å². The van der Waals surface area contributed by atoms with Gasteiger partial charge in [0.15, 0.2) is 5.82 Å². The van der Waals surface area contributed by atoms with Crippen LogP contribution in [-0.2, 0) is 0 Å². The molecule has 6 nitrogen and oxygen atoms in total. The Balaban J connectivity index is 1.62. The fourth-order valence-electron chi connectivity index (χ4n) is 2.50. The molecule has 0 spiro atoms. The summed E-state index contributed by atoms with van der Waals surface area (Å²) in [7, 11) is 0. The molecular formula is C16H15N5OS3. The smallest absolute Gasteiger partial charge is 0.259 e. The van der Waals surface area contributed by atoms with Crippen LogP contribution in [0.5, 0.6) is 0 Å². The van der Waals surface area contributed by atoms with E-state index in [9.17, 15) is 4.79 Å². The summed E-state index contributed by atoms with van der Waals surface area (Å²) >= 11 is 4.63. The molecule has 0 aliphatic heterocycles. The molecule has 0 amide bonds. The van der Waals surface area contributed by atoms with Crippen molar-refractivity contribution in [1.29, 1.82) is 0 Å². The highest BCUT2D eigenvalue weighted by Crippen LogP contribution is 2.33. The molecule has 1 atom stereocenters. The average Bonchev–Trinajstić information content (AvgIpc) is 3.29. The zero-order chi connectivity index (χ0) is 17.6. The molecule has 0 aliphatic carbocycles. The molecule has 2 N–H and O–H groups in total. The van der Waals surface area contributed by atoms with Crippen molar-refractivity contribution in [3.05, 3.63) is 44.1 Å². The van der Waals surface area contributed by atoms with Crippen molar-refractivity contribution >= 4 is 44.7 Å². The Bertz CT molecular complexity index is 1090. The van der Waals surface area contributed by atoms with Crippen LogP contribution in [0.1, 0.15) is 28.4 Å². The van der Waals surface area contributed by atoms with Gasteiger partial charge < -0.3 is 4.98 Å². The van der Waals surface area contributed by atoms with Crippen LogP contribution in [0.4, 0.5) is 0 Å². The molecule has 0 fully saturated rings. The van der Waals surface area contributed by atoms with Gasteiger partial charge in [-0.25, -0.2) is 9.97 Å². The number of hydrogen-bond donors (Lipinski definition) is 2. The van der Waals surface area contributed by atoms with Gasteiger partial charge in [0.05, 0.1) is 15.5 Å². The third kappa shape index (κ3) is 3.03. The summed E-state index contributed by atoms with van der Waals surface area (Å²) in [5, 5.41) is 10.5. The third-order valence-electron chi connectivity index (χ3n) is 3.94. The lowest BCUT2D eigenvalue weighted by molar-refractivity contribution is 0.906. The minimum atomic E-state index is -0.0800. The fourth-order valence-corrected chi connectivity index (χ4v) is 4.98. The molecule has 128 valence electrons. The Hall–Kier alpha value is -1.97. The van der Waals surface area contributed by atoms with E-state index >= 15 is 0 Å². The second kappa shape index (κ2) is 6.40. The molecule has 0 saturated heterocycles. The summed E-state index contributed by atoms with van der Waals surface area (Å²) in [4.78, 5) is 27.4. The largest absolute Gasteiger partial charge is 0.309 e. The third-order valence-corrected chi connectivity index (χ3v) is 6.89. The van der Waals surface area contributed by atoms with E-state index in [0.29, 0.717) is 16.4 Å². The summed E-state index contributed by atoms with van der Waals surface area (Å²) in [6.07, 6.45) is 0. The zero-order valence-corrected chi connectivity index (χ0v) is 16.2. The van der Waals surface area contributed by atoms with E-state index in [1.807, 2.05) is 38.3 Å². The van der Waals surface area contributed by atoms with E-state index < -0.39 is 0 Å². The number of hydrogen-bond acceptors (Lipinski definition) is 7. The average molecular weight is 390 g/mol. The maximum Gasteiger partial charge on any atom is 0.259 e. The first-order valence-electron chi connectivity index (χ1n) is 7.66. The highest BCUT2D eigenvalue weighted by molar-refractivity contribution is 7.99. The second-order valence-electron chi connectivity index (χ2n) is 5.62. The van der Waals surface area contributed by atoms with Crippen LogP contribution in [0.15, 0.2) is 27.5 Å². The van der Waals surface area contributed by atoms with Gasteiger partial charge in [-0.1, -0.05) is 17.8 Å². The Kier molecular flexibility index (Phi) is 4.22. The maximum absolute atomic E-state index is 12.4. The lowest BCUT2D eigenvalue weighted by Crippen LogP contribution is -2.12. The SMILES string of the molecule is Cc1sc2nc(C(C)Sc3n[nH]c(-c4cccs4)n3)[nH]c(=O)c2c1C. The molecular weight excluding hydrogens is 374 g/mol. The Labute approximate surface area is 155 Å². The van der Waals surface area contributed by atoms with Gasteiger partial charge in [0.1, 0.15) is 10.7 Å². The molecule has 9 heteroatoms. The number of nitrogens with zero attached hydrogens (tertiary/aromatic N) is 3. The topological polar surface area (TPSA) is 87.3 Å². The van der Waals surface area contributed by atoms with Gasteiger partial charge in [0.2, 0.25) is 5.16 Å². The van der Waals surface area contributed by atoms with Crippen molar-refractivity contribution in [3.8, 4) is 10.7 Å². The minimum Gasteiger partial charge on any atom is -0.309 e. The summed E-state index contributed by atoms with van der Waals surface area (Å²) in [6, 6.07) is 3.98. The summed E-state index contributed by atoms with van der Waals surface area (Å²) in [5.74, 6) is 1.40. The van der Waals surface area contributed by atoms with Gasteiger partial charge in [-0.3, -0.25) is 9.89 Å². The van der Waals surface area contributed by atoms with Crippen molar-refractivity contribution in [3.63, 3.8) is 0 Å². The number of H-pyrrole nitrogens is 2. The summed E-state index contributed by atoms with van der Waals surface area (Å²) in [6.45, 7) is 5.96. The molecule has 1 unspecified atom stereocenters. The van der Waals surface area contributed by atoms with Gasteiger partial charge in [0.25, 0.3) is 5.56 Å². The number of aryl methyl sites for hydroxylation is 2. The number of thioether (sulfide) groups is 1.